The molecule has 0 aliphatic carbocycles. The third-order valence-corrected chi connectivity index (χ3v) is 3.66. The Kier molecular flexibility index (Phi) is 6.73. The molecular formula is C19H21N3O4. The van der Waals surface area contributed by atoms with Crippen LogP contribution in [0.4, 0.5) is 0 Å². The van der Waals surface area contributed by atoms with Crippen LogP contribution in [-0.4, -0.2) is 32.2 Å². The second kappa shape index (κ2) is 9.22. The third kappa shape index (κ3) is 5.07. The molecule has 7 nitrogen and oxygen atoms in total. The second-order valence-electron chi connectivity index (χ2n) is 5.41. The Morgan fingerprint density at radius 1 is 1.04 bits per heavy atom. The lowest BCUT2D eigenvalue weighted by Crippen LogP contribution is -2.39. The van der Waals surface area contributed by atoms with Crippen molar-refractivity contribution < 1.29 is 19.1 Å². The number of ether oxygens (including phenoxy) is 2. The summed E-state index contributed by atoms with van der Waals surface area (Å²) in [7, 11) is 3.07. The molecule has 2 rings (SSSR count). The maximum Gasteiger partial charge on any atom is 0.329 e. The van der Waals surface area contributed by atoms with Crippen LogP contribution < -0.4 is 20.2 Å². The minimum absolute atomic E-state index is 0.295. The average Bonchev–Trinajstić information content (AvgIpc) is 2.68. The van der Waals surface area contributed by atoms with Gasteiger partial charge in [0, 0.05) is 5.56 Å². The Morgan fingerprint density at radius 3 is 2.42 bits per heavy atom. The van der Waals surface area contributed by atoms with Crippen molar-refractivity contribution >= 4 is 18.0 Å². The number of hydrogen-bond donors (Lipinski definition) is 2. The second-order valence-corrected chi connectivity index (χ2v) is 5.41. The summed E-state index contributed by atoms with van der Waals surface area (Å²) >= 11 is 0. The van der Waals surface area contributed by atoms with E-state index in [1.54, 1.807) is 32.2 Å². The molecule has 0 heterocycles. The number of nitrogens with zero attached hydrogens (tertiary/aromatic N) is 1. The summed E-state index contributed by atoms with van der Waals surface area (Å²) in [6.07, 6.45) is 1.38. The number of methoxy groups -OCH3 is 2. The fourth-order valence-electron chi connectivity index (χ4n) is 2.24. The highest BCUT2D eigenvalue weighted by Gasteiger charge is 2.16. The standard InChI is InChI=1S/C19H21N3O4/c1-13(14-7-5-4-6-8-14)21-18(23)19(24)22-20-12-15-11-16(25-2)9-10-17(15)26-3/h4-13H,1-3H3,(H,21,23)(H,22,24)/b20-12-. The molecule has 0 fully saturated rings. The highest BCUT2D eigenvalue weighted by Crippen LogP contribution is 2.22. The smallest absolute Gasteiger partial charge is 0.329 e. The molecule has 0 aliphatic rings. The van der Waals surface area contributed by atoms with Crippen LogP contribution in [0.2, 0.25) is 0 Å². The van der Waals surface area contributed by atoms with E-state index in [4.69, 9.17) is 9.47 Å². The lowest BCUT2D eigenvalue weighted by Gasteiger charge is -2.13. The monoisotopic (exact) mass is 355 g/mol. The highest BCUT2D eigenvalue weighted by atomic mass is 16.5. The van der Waals surface area contributed by atoms with Gasteiger partial charge in [-0.1, -0.05) is 30.3 Å². The van der Waals surface area contributed by atoms with Crippen LogP contribution in [0.25, 0.3) is 0 Å². The third-order valence-electron chi connectivity index (χ3n) is 3.66. The van der Waals surface area contributed by atoms with Gasteiger partial charge in [0.1, 0.15) is 11.5 Å². The number of carbonyl (C=O) groups excluding carboxylic acids is 2. The number of hydrazone groups is 1. The van der Waals surface area contributed by atoms with Crippen molar-refractivity contribution in [2.75, 3.05) is 14.2 Å². The first-order valence-electron chi connectivity index (χ1n) is 7.96. The van der Waals surface area contributed by atoms with Crippen LogP contribution in [0.1, 0.15) is 24.1 Å². The van der Waals surface area contributed by atoms with Gasteiger partial charge in [0.05, 0.1) is 26.5 Å². The Bertz CT molecular complexity index is 791. The fourth-order valence-corrected chi connectivity index (χ4v) is 2.24. The SMILES string of the molecule is COc1ccc(OC)c(/C=N\NC(=O)C(=O)NC(C)c2ccccc2)c1. The molecular weight excluding hydrogens is 334 g/mol. The van der Waals surface area contributed by atoms with Gasteiger partial charge in [-0.15, -0.1) is 0 Å². The van der Waals surface area contributed by atoms with Gasteiger partial charge >= 0.3 is 11.8 Å². The summed E-state index contributed by atoms with van der Waals surface area (Å²) in [5.74, 6) is -0.444. The Labute approximate surface area is 152 Å². The van der Waals surface area contributed by atoms with Crippen LogP contribution in [-0.2, 0) is 9.59 Å². The largest absolute Gasteiger partial charge is 0.497 e. The maximum absolute atomic E-state index is 12.0. The van der Waals surface area contributed by atoms with Gasteiger partial charge in [0.15, 0.2) is 0 Å². The van der Waals surface area contributed by atoms with E-state index in [0.717, 1.165) is 5.56 Å². The minimum atomic E-state index is -0.856. The molecule has 136 valence electrons. The van der Waals surface area contributed by atoms with Gasteiger partial charge in [0.2, 0.25) is 0 Å². The van der Waals surface area contributed by atoms with E-state index in [9.17, 15) is 9.59 Å². The number of amides is 2. The molecule has 0 bridgehead atoms. The van der Waals surface area contributed by atoms with Crippen molar-refractivity contribution in [3.8, 4) is 11.5 Å². The van der Waals surface area contributed by atoms with Gasteiger partial charge in [-0.2, -0.15) is 5.10 Å². The fraction of sp³-hybridized carbons (Fsp3) is 0.211. The van der Waals surface area contributed by atoms with E-state index < -0.39 is 11.8 Å². The highest BCUT2D eigenvalue weighted by molar-refractivity contribution is 6.35. The molecule has 0 saturated heterocycles. The first-order valence-corrected chi connectivity index (χ1v) is 7.96. The van der Waals surface area contributed by atoms with Gasteiger partial charge in [-0.05, 0) is 30.7 Å². The van der Waals surface area contributed by atoms with Crippen molar-refractivity contribution in [1.29, 1.82) is 0 Å². The zero-order valence-corrected chi connectivity index (χ0v) is 14.9. The summed E-state index contributed by atoms with van der Waals surface area (Å²) in [6.45, 7) is 1.80. The molecule has 7 heteroatoms. The van der Waals surface area contributed by atoms with E-state index in [-0.39, 0.29) is 6.04 Å². The van der Waals surface area contributed by atoms with Crippen LogP contribution in [0, 0.1) is 0 Å². The van der Waals surface area contributed by atoms with E-state index >= 15 is 0 Å². The van der Waals surface area contributed by atoms with Gasteiger partial charge < -0.3 is 14.8 Å². The van der Waals surface area contributed by atoms with Crippen molar-refractivity contribution in [3.63, 3.8) is 0 Å². The van der Waals surface area contributed by atoms with Crippen LogP contribution in [0.3, 0.4) is 0 Å². The molecule has 2 N–H and O–H groups in total. The molecule has 0 spiro atoms. The number of rotatable bonds is 6. The van der Waals surface area contributed by atoms with Crippen LogP contribution in [0.5, 0.6) is 11.5 Å². The van der Waals surface area contributed by atoms with Gasteiger partial charge in [-0.25, -0.2) is 5.43 Å². The molecule has 0 aromatic heterocycles. The average molecular weight is 355 g/mol. The zero-order valence-electron chi connectivity index (χ0n) is 14.9. The zero-order chi connectivity index (χ0) is 18.9. The molecule has 2 amide bonds. The Balaban J connectivity index is 1.95. The summed E-state index contributed by atoms with van der Waals surface area (Å²) in [4.78, 5) is 23.8. The first kappa shape index (κ1) is 19.0. The lowest BCUT2D eigenvalue weighted by atomic mass is 10.1. The molecule has 1 atom stereocenters. The molecule has 1 unspecified atom stereocenters. The Morgan fingerprint density at radius 2 is 1.77 bits per heavy atom. The quantitative estimate of drug-likeness (QED) is 0.471. The number of carbonyl (C=O) groups is 2. The van der Waals surface area contributed by atoms with Crippen LogP contribution in [0.15, 0.2) is 53.6 Å². The van der Waals surface area contributed by atoms with E-state index in [1.807, 2.05) is 30.3 Å². The number of hydrogen-bond acceptors (Lipinski definition) is 5. The molecule has 0 aliphatic heterocycles. The summed E-state index contributed by atoms with van der Waals surface area (Å²) in [5.41, 5.74) is 3.70. The van der Waals surface area contributed by atoms with Crippen molar-refractivity contribution in [2.45, 2.75) is 13.0 Å². The molecule has 0 radical (unpaired) electrons. The summed E-state index contributed by atoms with van der Waals surface area (Å²) in [6, 6.07) is 14.2. The first-order chi connectivity index (χ1) is 12.5. The normalized spacial score (nSPS) is 11.7. The molecule has 0 saturated carbocycles. The Hall–Kier alpha value is -3.35. The molecule has 26 heavy (non-hydrogen) atoms. The summed E-state index contributed by atoms with van der Waals surface area (Å²) < 4.78 is 10.3. The predicted octanol–water partition coefficient (Wildman–Crippen LogP) is 2.03. The van der Waals surface area contributed by atoms with E-state index in [1.165, 1.54) is 13.3 Å². The van der Waals surface area contributed by atoms with Crippen molar-refractivity contribution in [3.05, 3.63) is 59.7 Å². The van der Waals surface area contributed by atoms with Crippen LogP contribution >= 0.6 is 0 Å². The van der Waals surface area contributed by atoms with E-state index in [2.05, 4.69) is 15.8 Å². The predicted molar refractivity (Wildman–Crippen MR) is 98.3 cm³/mol. The minimum Gasteiger partial charge on any atom is -0.497 e. The topological polar surface area (TPSA) is 89.0 Å². The summed E-state index contributed by atoms with van der Waals surface area (Å²) in [5, 5.41) is 6.42. The molecule has 2 aromatic rings. The van der Waals surface area contributed by atoms with Gasteiger partial charge in [0.25, 0.3) is 0 Å². The number of nitrogens with one attached hydrogen (secondary N) is 2. The van der Waals surface area contributed by atoms with Crippen molar-refractivity contribution in [1.82, 2.24) is 10.7 Å². The number of benzene rings is 2. The molecule has 2 aromatic carbocycles. The van der Waals surface area contributed by atoms with Crippen molar-refractivity contribution in [2.24, 2.45) is 5.10 Å². The maximum atomic E-state index is 12.0. The van der Waals surface area contributed by atoms with Gasteiger partial charge in [-0.3, -0.25) is 9.59 Å². The van der Waals surface area contributed by atoms with E-state index in [0.29, 0.717) is 17.1 Å². The lowest BCUT2D eigenvalue weighted by molar-refractivity contribution is -0.139.